The summed E-state index contributed by atoms with van der Waals surface area (Å²) in [4.78, 5) is 2.38. The Morgan fingerprint density at radius 2 is 1.57 bits per heavy atom. The maximum atomic E-state index is 11.9. The van der Waals surface area contributed by atoms with Gasteiger partial charge < -0.3 is 0 Å². The first-order chi connectivity index (χ1) is 10.1. The molecular weight excluding hydrogens is 284 g/mol. The van der Waals surface area contributed by atoms with Crippen LogP contribution in [0.25, 0.3) is 6.08 Å². The molecule has 5 heteroatoms. The average Bonchev–Trinajstić information content (AvgIpc) is 2.49. The highest BCUT2D eigenvalue weighted by atomic mass is 32.2. The second-order valence-electron chi connectivity index (χ2n) is 4.47. The van der Waals surface area contributed by atoms with Crippen molar-refractivity contribution in [2.45, 2.75) is 11.8 Å². The van der Waals surface area contributed by atoms with E-state index in [2.05, 4.69) is 9.93 Å². The minimum Gasteiger partial charge on any atom is -0.200 e. The van der Waals surface area contributed by atoms with Crippen molar-refractivity contribution in [2.24, 2.45) is 5.10 Å². The van der Waals surface area contributed by atoms with Gasteiger partial charge in [-0.15, -0.1) is 0 Å². The maximum absolute atomic E-state index is 11.9. The molecule has 0 aliphatic heterocycles. The van der Waals surface area contributed by atoms with Gasteiger partial charge in [-0.2, -0.15) is 13.5 Å². The maximum Gasteiger partial charge on any atom is 0.276 e. The van der Waals surface area contributed by atoms with Crippen LogP contribution >= 0.6 is 0 Å². The van der Waals surface area contributed by atoms with Gasteiger partial charge in [-0.25, -0.2) is 4.83 Å². The lowest BCUT2D eigenvalue weighted by Gasteiger charge is -2.02. The molecule has 21 heavy (non-hydrogen) atoms. The fourth-order valence-corrected chi connectivity index (χ4v) is 2.51. The first-order valence-corrected chi connectivity index (χ1v) is 7.89. The molecule has 0 unspecified atom stereocenters. The minimum absolute atomic E-state index is 0.187. The summed E-state index contributed by atoms with van der Waals surface area (Å²) in [5.41, 5.74) is 1.88. The largest absolute Gasteiger partial charge is 0.276 e. The van der Waals surface area contributed by atoms with Crippen LogP contribution in [0.3, 0.4) is 0 Å². The van der Waals surface area contributed by atoms with E-state index in [9.17, 15) is 8.42 Å². The zero-order valence-corrected chi connectivity index (χ0v) is 12.4. The molecule has 0 bridgehead atoms. The Labute approximate surface area is 124 Å². The molecule has 2 aromatic rings. The zero-order chi connectivity index (χ0) is 15.1. The van der Waals surface area contributed by atoms with Crippen molar-refractivity contribution < 1.29 is 8.42 Å². The van der Waals surface area contributed by atoms with Crippen LogP contribution in [0.4, 0.5) is 0 Å². The predicted molar refractivity (Wildman–Crippen MR) is 85.3 cm³/mol. The predicted octanol–water partition coefficient (Wildman–Crippen LogP) is 3.05. The van der Waals surface area contributed by atoms with Gasteiger partial charge in [0.25, 0.3) is 10.0 Å². The molecule has 108 valence electrons. The lowest BCUT2D eigenvalue weighted by Crippen LogP contribution is -2.18. The third-order valence-electron chi connectivity index (χ3n) is 2.69. The van der Waals surface area contributed by atoms with Crippen LogP contribution in [0.5, 0.6) is 0 Å². The lowest BCUT2D eigenvalue weighted by atomic mass is 10.1. The third-order valence-corrected chi connectivity index (χ3v) is 3.93. The second-order valence-corrected chi connectivity index (χ2v) is 6.13. The van der Waals surface area contributed by atoms with E-state index in [4.69, 9.17) is 0 Å². The molecule has 0 fully saturated rings. The van der Waals surface area contributed by atoms with E-state index in [1.54, 1.807) is 18.2 Å². The van der Waals surface area contributed by atoms with Gasteiger partial charge in [-0.1, -0.05) is 54.6 Å². The molecule has 0 heterocycles. The molecule has 0 atom stereocenters. The number of nitrogens with one attached hydrogen (secondary N) is 1. The molecule has 0 aromatic heterocycles. The Bertz CT molecular complexity index is 736. The molecule has 0 saturated heterocycles. The van der Waals surface area contributed by atoms with Gasteiger partial charge in [0.15, 0.2) is 0 Å². The molecule has 2 rings (SSSR count). The van der Waals surface area contributed by atoms with Crippen molar-refractivity contribution in [3.8, 4) is 0 Å². The Kier molecular flexibility index (Phi) is 4.90. The summed E-state index contributed by atoms with van der Waals surface area (Å²) in [6, 6.07) is 17.9. The molecule has 1 N–H and O–H groups in total. The van der Waals surface area contributed by atoms with Crippen molar-refractivity contribution in [2.75, 3.05) is 0 Å². The monoisotopic (exact) mass is 300 g/mol. The fourth-order valence-electron chi connectivity index (χ4n) is 1.70. The molecule has 0 aliphatic carbocycles. The van der Waals surface area contributed by atoms with E-state index in [-0.39, 0.29) is 4.90 Å². The van der Waals surface area contributed by atoms with Crippen LogP contribution in [0, 0.1) is 0 Å². The van der Waals surface area contributed by atoms with Gasteiger partial charge in [-0.3, -0.25) is 0 Å². The van der Waals surface area contributed by atoms with Crippen molar-refractivity contribution in [1.82, 2.24) is 4.83 Å². The third kappa shape index (κ3) is 4.57. The number of nitrogens with zero attached hydrogens (tertiary/aromatic N) is 1. The van der Waals surface area contributed by atoms with Crippen LogP contribution in [0.1, 0.15) is 12.5 Å². The Balaban J connectivity index is 2.04. The van der Waals surface area contributed by atoms with E-state index in [1.807, 2.05) is 43.3 Å². The minimum atomic E-state index is -3.60. The first-order valence-electron chi connectivity index (χ1n) is 6.41. The zero-order valence-electron chi connectivity index (χ0n) is 11.6. The van der Waals surface area contributed by atoms with Crippen molar-refractivity contribution in [3.05, 3.63) is 71.8 Å². The van der Waals surface area contributed by atoms with Crippen LogP contribution < -0.4 is 4.83 Å². The molecule has 0 spiro atoms. The molecule has 0 amide bonds. The number of benzene rings is 2. The van der Waals surface area contributed by atoms with Crippen LogP contribution in [0.2, 0.25) is 0 Å². The average molecular weight is 300 g/mol. The number of allylic oxidation sites excluding steroid dienone is 1. The fraction of sp³-hybridized carbons (Fsp3) is 0.0625. The highest BCUT2D eigenvalue weighted by Crippen LogP contribution is 2.07. The lowest BCUT2D eigenvalue weighted by molar-refractivity contribution is 0.584. The first kappa shape index (κ1) is 15.0. The number of hydrazone groups is 1. The molecule has 0 aliphatic rings. The van der Waals surface area contributed by atoms with Gasteiger partial charge in [0.1, 0.15) is 0 Å². The van der Waals surface area contributed by atoms with E-state index in [1.165, 1.54) is 18.3 Å². The molecule has 0 radical (unpaired) electrons. The number of sulfonamides is 1. The Morgan fingerprint density at radius 3 is 2.19 bits per heavy atom. The summed E-state index contributed by atoms with van der Waals surface area (Å²) < 4.78 is 23.9. The van der Waals surface area contributed by atoms with Gasteiger partial charge in [0, 0.05) is 0 Å². The summed E-state index contributed by atoms with van der Waals surface area (Å²) in [5, 5.41) is 3.78. The second kappa shape index (κ2) is 6.85. The normalized spacial score (nSPS) is 12.5. The summed E-state index contributed by atoms with van der Waals surface area (Å²) in [6.07, 6.45) is 3.40. The quantitative estimate of drug-likeness (QED) is 0.681. The molecule has 4 nitrogen and oxygen atoms in total. The standard InChI is InChI=1S/C16H16N2O2S/c1-14(12-15-8-4-2-5-9-15)13-17-18-21(19,20)16-10-6-3-7-11-16/h2-13,18H,1H3/b14-12-,17-13+. The van der Waals surface area contributed by atoms with Gasteiger partial charge >= 0.3 is 0 Å². The highest BCUT2D eigenvalue weighted by molar-refractivity contribution is 7.89. The molecule has 0 saturated carbocycles. The summed E-state index contributed by atoms with van der Waals surface area (Å²) >= 11 is 0. The highest BCUT2D eigenvalue weighted by Gasteiger charge is 2.10. The van der Waals surface area contributed by atoms with Gasteiger partial charge in [0.05, 0.1) is 11.1 Å². The van der Waals surface area contributed by atoms with Gasteiger partial charge in [0.2, 0.25) is 0 Å². The van der Waals surface area contributed by atoms with Crippen LogP contribution in [-0.4, -0.2) is 14.6 Å². The van der Waals surface area contributed by atoms with Crippen molar-refractivity contribution in [1.29, 1.82) is 0 Å². The van der Waals surface area contributed by atoms with E-state index < -0.39 is 10.0 Å². The van der Waals surface area contributed by atoms with Crippen molar-refractivity contribution >= 4 is 22.3 Å². The number of hydrogen-bond acceptors (Lipinski definition) is 3. The summed E-state index contributed by atoms with van der Waals surface area (Å²) in [5.74, 6) is 0. The van der Waals surface area contributed by atoms with Crippen molar-refractivity contribution in [3.63, 3.8) is 0 Å². The van der Waals surface area contributed by atoms with E-state index in [0.29, 0.717) is 0 Å². The van der Waals surface area contributed by atoms with Gasteiger partial charge in [-0.05, 0) is 30.2 Å². The Morgan fingerprint density at radius 1 is 1.00 bits per heavy atom. The number of hydrogen-bond donors (Lipinski definition) is 1. The van der Waals surface area contributed by atoms with E-state index >= 15 is 0 Å². The smallest absolute Gasteiger partial charge is 0.200 e. The van der Waals surface area contributed by atoms with Crippen LogP contribution in [0.15, 0.2) is 76.2 Å². The molecule has 2 aromatic carbocycles. The summed E-state index contributed by atoms with van der Waals surface area (Å²) in [6.45, 7) is 1.85. The molecular formula is C16H16N2O2S. The SMILES string of the molecule is CC(=C/c1ccccc1)/C=N/NS(=O)(=O)c1ccccc1. The Hall–Kier alpha value is -2.40. The number of rotatable bonds is 5. The van der Waals surface area contributed by atoms with E-state index in [0.717, 1.165) is 11.1 Å². The topological polar surface area (TPSA) is 58.5 Å². The summed E-state index contributed by atoms with van der Waals surface area (Å²) in [7, 11) is -3.60. The van der Waals surface area contributed by atoms with Crippen LogP contribution in [-0.2, 0) is 10.0 Å².